The number of benzene rings is 1. The van der Waals surface area contributed by atoms with Crippen molar-refractivity contribution >= 4 is 5.91 Å². The summed E-state index contributed by atoms with van der Waals surface area (Å²) < 4.78 is 16.2. The van der Waals surface area contributed by atoms with Gasteiger partial charge in [0.15, 0.2) is 0 Å². The molecule has 1 N–H and O–H groups in total. The fourth-order valence-electron chi connectivity index (χ4n) is 3.12. The number of rotatable bonds is 10. The first-order valence-electron chi connectivity index (χ1n) is 9.51. The van der Waals surface area contributed by atoms with Gasteiger partial charge >= 0.3 is 0 Å². The monoisotopic (exact) mass is 380 g/mol. The molecule has 0 aromatic heterocycles. The Morgan fingerprint density at radius 2 is 2.11 bits per heavy atom. The van der Waals surface area contributed by atoms with Crippen LogP contribution in [0.5, 0.6) is 5.75 Å². The van der Waals surface area contributed by atoms with Crippen LogP contribution < -0.4 is 4.74 Å². The van der Waals surface area contributed by atoms with Crippen molar-refractivity contribution in [1.29, 1.82) is 0 Å². The highest BCUT2D eigenvalue weighted by molar-refractivity contribution is 5.94. The minimum absolute atomic E-state index is 0.0518. The number of hydrogen-bond donors (Lipinski definition) is 1. The third kappa shape index (κ3) is 6.77. The van der Waals surface area contributed by atoms with Gasteiger partial charge in [0.2, 0.25) is 0 Å². The van der Waals surface area contributed by atoms with Crippen molar-refractivity contribution in [3.63, 3.8) is 0 Å². The van der Waals surface area contributed by atoms with Crippen molar-refractivity contribution in [2.24, 2.45) is 0 Å². The second-order valence-electron chi connectivity index (χ2n) is 6.79. The van der Waals surface area contributed by atoms with Gasteiger partial charge < -0.3 is 24.2 Å². The standard InChI is InChI=1S/C20H32N2O5/c1-4-17(23)13-21-9-12-27-19(14-21)15-22(10-11-25-2)20(24)16-5-7-18(26-3)8-6-16/h5-8,17,19,23H,4,9-15H2,1-3H3/t17-,19-/m1/s1. The molecule has 0 unspecified atom stereocenters. The molecule has 0 spiro atoms. The summed E-state index contributed by atoms with van der Waals surface area (Å²) in [4.78, 5) is 16.9. The van der Waals surface area contributed by atoms with E-state index in [2.05, 4.69) is 4.90 Å². The SMILES string of the molecule is CC[C@@H](O)CN1CCO[C@@H](CN(CCOC)C(=O)c2ccc(OC)cc2)C1. The lowest BCUT2D eigenvalue weighted by atomic mass is 10.1. The molecule has 1 aliphatic rings. The Balaban J connectivity index is 2.00. The smallest absolute Gasteiger partial charge is 0.254 e. The molecule has 1 fully saturated rings. The highest BCUT2D eigenvalue weighted by Crippen LogP contribution is 2.15. The van der Waals surface area contributed by atoms with E-state index >= 15 is 0 Å². The molecule has 0 radical (unpaired) electrons. The Bertz CT molecular complexity index is 566. The second-order valence-corrected chi connectivity index (χ2v) is 6.79. The molecule has 7 nitrogen and oxygen atoms in total. The van der Waals surface area contributed by atoms with Gasteiger partial charge in [0.1, 0.15) is 5.75 Å². The molecule has 1 heterocycles. The van der Waals surface area contributed by atoms with Gasteiger partial charge in [-0.15, -0.1) is 0 Å². The molecule has 0 bridgehead atoms. The van der Waals surface area contributed by atoms with Gasteiger partial charge in [-0.1, -0.05) is 6.92 Å². The summed E-state index contributed by atoms with van der Waals surface area (Å²) in [6, 6.07) is 7.11. The molecule has 1 amide bonds. The number of aliphatic hydroxyl groups is 1. The Labute approximate surface area is 161 Å². The van der Waals surface area contributed by atoms with E-state index in [0.717, 1.165) is 18.7 Å². The van der Waals surface area contributed by atoms with Gasteiger partial charge in [0, 0.05) is 45.4 Å². The number of carbonyl (C=O) groups excluding carboxylic acids is 1. The van der Waals surface area contributed by atoms with Crippen LogP contribution in [0.15, 0.2) is 24.3 Å². The normalized spacial score (nSPS) is 18.9. The number of carbonyl (C=O) groups is 1. The Morgan fingerprint density at radius 3 is 2.74 bits per heavy atom. The minimum Gasteiger partial charge on any atom is -0.497 e. The molecule has 7 heteroatoms. The maximum Gasteiger partial charge on any atom is 0.254 e. The van der Waals surface area contributed by atoms with E-state index in [9.17, 15) is 9.90 Å². The van der Waals surface area contributed by atoms with Crippen LogP contribution >= 0.6 is 0 Å². The minimum atomic E-state index is -0.325. The lowest BCUT2D eigenvalue weighted by molar-refractivity contribution is -0.0517. The summed E-state index contributed by atoms with van der Waals surface area (Å²) in [5.41, 5.74) is 0.612. The first-order chi connectivity index (χ1) is 13.1. The van der Waals surface area contributed by atoms with Gasteiger partial charge in [0.05, 0.1) is 32.5 Å². The van der Waals surface area contributed by atoms with Crippen molar-refractivity contribution in [2.75, 3.05) is 60.2 Å². The van der Waals surface area contributed by atoms with Crippen LogP contribution in [0.3, 0.4) is 0 Å². The highest BCUT2D eigenvalue weighted by atomic mass is 16.5. The zero-order valence-corrected chi connectivity index (χ0v) is 16.6. The summed E-state index contributed by atoms with van der Waals surface area (Å²) in [5, 5.41) is 9.90. The van der Waals surface area contributed by atoms with E-state index in [-0.39, 0.29) is 18.1 Å². The van der Waals surface area contributed by atoms with E-state index in [1.165, 1.54) is 0 Å². The molecule has 1 aromatic rings. The van der Waals surface area contributed by atoms with Crippen LogP contribution in [0, 0.1) is 0 Å². The fourth-order valence-corrected chi connectivity index (χ4v) is 3.12. The van der Waals surface area contributed by atoms with E-state index < -0.39 is 0 Å². The number of methoxy groups -OCH3 is 2. The number of hydrogen-bond acceptors (Lipinski definition) is 6. The first kappa shape index (κ1) is 21.6. The molecule has 2 atom stereocenters. The largest absolute Gasteiger partial charge is 0.497 e. The molecule has 2 rings (SSSR count). The molecular weight excluding hydrogens is 348 g/mol. The lowest BCUT2D eigenvalue weighted by Crippen LogP contribution is -2.50. The quantitative estimate of drug-likeness (QED) is 0.659. The van der Waals surface area contributed by atoms with Gasteiger partial charge in [-0.3, -0.25) is 9.69 Å². The zero-order chi connectivity index (χ0) is 19.6. The third-order valence-corrected chi connectivity index (χ3v) is 4.78. The van der Waals surface area contributed by atoms with E-state index in [0.29, 0.717) is 45.0 Å². The maximum atomic E-state index is 13.0. The molecule has 0 saturated carbocycles. The molecule has 1 saturated heterocycles. The van der Waals surface area contributed by atoms with Crippen molar-refractivity contribution < 1.29 is 24.1 Å². The Kier molecular flexibility index (Phi) is 9.00. The van der Waals surface area contributed by atoms with Crippen LogP contribution in [-0.4, -0.2) is 93.2 Å². The van der Waals surface area contributed by atoms with Crippen LogP contribution in [0.2, 0.25) is 0 Å². The van der Waals surface area contributed by atoms with Crippen molar-refractivity contribution in [1.82, 2.24) is 9.80 Å². The van der Waals surface area contributed by atoms with Gasteiger partial charge in [-0.05, 0) is 30.7 Å². The topological polar surface area (TPSA) is 71.5 Å². The molecule has 0 aliphatic carbocycles. The van der Waals surface area contributed by atoms with Crippen LogP contribution in [0.4, 0.5) is 0 Å². The highest BCUT2D eigenvalue weighted by Gasteiger charge is 2.26. The number of amides is 1. The number of morpholine rings is 1. The summed E-state index contributed by atoms with van der Waals surface area (Å²) in [7, 11) is 3.23. The van der Waals surface area contributed by atoms with E-state index in [1.807, 2.05) is 6.92 Å². The summed E-state index contributed by atoms with van der Waals surface area (Å²) in [6.07, 6.45) is 0.328. The summed E-state index contributed by atoms with van der Waals surface area (Å²) >= 11 is 0. The lowest BCUT2D eigenvalue weighted by Gasteiger charge is -2.36. The van der Waals surface area contributed by atoms with E-state index in [1.54, 1.807) is 43.4 Å². The van der Waals surface area contributed by atoms with Crippen LogP contribution in [-0.2, 0) is 9.47 Å². The number of β-amino-alcohol motifs (C(OH)–C–C–N with tert-alkyl or cyclic N) is 1. The zero-order valence-electron chi connectivity index (χ0n) is 16.6. The molecule has 1 aliphatic heterocycles. The molecule has 1 aromatic carbocycles. The number of nitrogens with zero attached hydrogens (tertiary/aromatic N) is 2. The van der Waals surface area contributed by atoms with Crippen molar-refractivity contribution in [3.05, 3.63) is 29.8 Å². The Morgan fingerprint density at radius 1 is 1.37 bits per heavy atom. The van der Waals surface area contributed by atoms with Gasteiger partial charge in [-0.25, -0.2) is 0 Å². The van der Waals surface area contributed by atoms with Crippen molar-refractivity contribution in [2.45, 2.75) is 25.6 Å². The molecular formula is C20H32N2O5. The van der Waals surface area contributed by atoms with Gasteiger partial charge in [0.25, 0.3) is 5.91 Å². The average molecular weight is 380 g/mol. The molecule has 27 heavy (non-hydrogen) atoms. The maximum absolute atomic E-state index is 13.0. The van der Waals surface area contributed by atoms with Gasteiger partial charge in [-0.2, -0.15) is 0 Å². The predicted octanol–water partition coefficient (Wildman–Crippen LogP) is 1.26. The average Bonchev–Trinajstić information content (AvgIpc) is 2.70. The molecule has 152 valence electrons. The van der Waals surface area contributed by atoms with Crippen LogP contribution in [0.25, 0.3) is 0 Å². The third-order valence-electron chi connectivity index (χ3n) is 4.78. The summed E-state index contributed by atoms with van der Waals surface area (Å²) in [6.45, 7) is 6.19. The van der Waals surface area contributed by atoms with Crippen molar-refractivity contribution in [3.8, 4) is 5.75 Å². The predicted molar refractivity (Wildman–Crippen MR) is 103 cm³/mol. The van der Waals surface area contributed by atoms with E-state index in [4.69, 9.17) is 14.2 Å². The first-order valence-corrected chi connectivity index (χ1v) is 9.51. The fraction of sp³-hybridized carbons (Fsp3) is 0.650. The Hall–Kier alpha value is -1.67. The number of ether oxygens (including phenoxy) is 3. The van der Waals surface area contributed by atoms with Crippen LogP contribution in [0.1, 0.15) is 23.7 Å². The summed E-state index contributed by atoms with van der Waals surface area (Å²) in [5.74, 6) is 0.666. The second kappa shape index (κ2) is 11.2. The number of aliphatic hydroxyl groups excluding tert-OH is 1.